The molecule has 0 unspecified atom stereocenters. The normalized spacial score (nSPS) is 17.0. The van der Waals surface area contributed by atoms with Crippen molar-refractivity contribution >= 4 is 33.6 Å². The Hall–Kier alpha value is -2.23. The number of esters is 2. The molecule has 0 radical (unpaired) electrons. The first kappa shape index (κ1) is 18.1. The number of nitrogens with one attached hydrogen (secondary N) is 1. The molecule has 0 amide bonds. The third-order valence-electron chi connectivity index (χ3n) is 2.66. The molecule has 0 aromatic heterocycles. The van der Waals surface area contributed by atoms with Crippen LogP contribution in [0.4, 0.5) is 18.9 Å². The van der Waals surface area contributed by atoms with E-state index in [1.807, 2.05) is 0 Å². The van der Waals surface area contributed by atoms with Crippen LogP contribution in [0.25, 0.3) is 0 Å². The van der Waals surface area contributed by atoms with Crippen LogP contribution >= 0.6 is 15.9 Å². The van der Waals surface area contributed by atoms with E-state index in [0.29, 0.717) is 4.47 Å². The summed E-state index contributed by atoms with van der Waals surface area (Å²) in [6.07, 6.45) is -4.01. The lowest BCUT2D eigenvalue weighted by Crippen LogP contribution is -2.42. The quantitative estimate of drug-likeness (QED) is 0.468. The highest BCUT2D eigenvalue weighted by Gasteiger charge is 2.39. The molecular weight excluding hydrogens is 399 g/mol. The molecule has 6 nitrogen and oxygen atoms in total. The van der Waals surface area contributed by atoms with Crippen LogP contribution < -0.4 is 10.1 Å². The number of hydrogen-bond donors (Lipinski definition) is 1. The van der Waals surface area contributed by atoms with Crippen molar-refractivity contribution in [1.29, 1.82) is 0 Å². The summed E-state index contributed by atoms with van der Waals surface area (Å²) in [5, 5.41) is 2.41. The molecule has 1 aromatic carbocycles. The number of halogens is 4. The number of hydrogen-bond acceptors (Lipinski definition) is 6. The van der Waals surface area contributed by atoms with Crippen LogP contribution in [-0.2, 0) is 19.1 Å². The van der Waals surface area contributed by atoms with E-state index in [4.69, 9.17) is 9.47 Å². The summed E-state index contributed by atoms with van der Waals surface area (Å²) in [5.41, 5.74) is -0.608. The van der Waals surface area contributed by atoms with Crippen LogP contribution in [0.15, 0.2) is 34.4 Å². The third-order valence-corrected chi connectivity index (χ3v) is 3.15. The number of rotatable bonds is 3. The summed E-state index contributed by atoms with van der Waals surface area (Å²) in [6, 6.07) is 3.80. The van der Waals surface area contributed by atoms with Crippen molar-refractivity contribution in [1.82, 2.24) is 0 Å². The Bertz CT molecular complexity index is 693. The number of carbonyl (C=O) groups is 2. The fourth-order valence-electron chi connectivity index (χ4n) is 1.75. The molecular formula is C14H11BrF3NO5. The first-order valence-corrected chi connectivity index (χ1v) is 7.25. The van der Waals surface area contributed by atoms with Gasteiger partial charge in [0.1, 0.15) is 0 Å². The van der Waals surface area contributed by atoms with Crippen LogP contribution in [0.3, 0.4) is 0 Å². The Balaban J connectivity index is 2.25. The number of anilines is 1. The van der Waals surface area contributed by atoms with E-state index in [1.54, 1.807) is 0 Å². The maximum Gasteiger partial charge on any atom is 0.573 e. The Morgan fingerprint density at radius 1 is 1.21 bits per heavy atom. The number of ether oxygens (including phenoxy) is 3. The van der Waals surface area contributed by atoms with Crippen LogP contribution in [0, 0.1) is 0 Å². The summed E-state index contributed by atoms with van der Waals surface area (Å²) < 4.78 is 51.2. The third kappa shape index (κ3) is 4.63. The molecule has 0 saturated carbocycles. The minimum Gasteiger partial charge on any atom is -0.419 e. The van der Waals surface area contributed by atoms with Gasteiger partial charge in [-0.15, -0.1) is 13.2 Å². The molecule has 1 aromatic rings. The average molecular weight is 410 g/mol. The van der Waals surface area contributed by atoms with Gasteiger partial charge in [-0.05, 0) is 18.2 Å². The van der Waals surface area contributed by atoms with Crippen LogP contribution in [-0.4, -0.2) is 24.1 Å². The van der Waals surface area contributed by atoms with Crippen molar-refractivity contribution in [2.24, 2.45) is 0 Å². The number of benzene rings is 1. The summed E-state index contributed by atoms with van der Waals surface area (Å²) >= 11 is 3.02. The standard InChI is InChI=1S/C14H11BrF3NO5/c1-13(2)23-11(20)8(12(21)24-13)6-19-9-4-3-7(15)5-10(9)22-14(16,17)18/h3-6,19H,1-2H3. The Kier molecular flexibility index (Phi) is 4.79. The van der Waals surface area contributed by atoms with Crippen LogP contribution in [0.5, 0.6) is 5.75 Å². The van der Waals surface area contributed by atoms with Crippen molar-refractivity contribution in [2.75, 3.05) is 5.32 Å². The van der Waals surface area contributed by atoms with E-state index in [-0.39, 0.29) is 5.69 Å². The van der Waals surface area contributed by atoms with Crippen LogP contribution in [0.1, 0.15) is 13.8 Å². The number of alkyl halides is 3. The molecule has 0 atom stereocenters. The highest BCUT2D eigenvalue weighted by Crippen LogP contribution is 2.33. The van der Waals surface area contributed by atoms with E-state index in [0.717, 1.165) is 12.3 Å². The number of cyclic esters (lactones) is 2. The SMILES string of the molecule is CC1(C)OC(=O)C(=CNc2ccc(Br)cc2OC(F)(F)F)C(=O)O1. The van der Waals surface area contributed by atoms with Gasteiger partial charge in [0, 0.05) is 24.5 Å². The monoisotopic (exact) mass is 409 g/mol. The van der Waals surface area contributed by atoms with Gasteiger partial charge in [0.05, 0.1) is 5.69 Å². The zero-order valence-electron chi connectivity index (χ0n) is 12.4. The maximum atomic E-state index is 12.4. The van der Waals surface area contributed by atoms with E-state index in [9.17, 15) is 22.8 Å². The van der Waals surface area contributed by atoms with Gasteiger partial charge in [-0.2, -0.15) is 0 Å². The molecule has 24 heavy (non-hydrogen) atoms. The first-order valence-electron chi connectivity index (χ1n) is 6.45. The molecule has 1 N–H and O–H groups in total. The lowest BCUT2D eigenvalue weighted by Gasteiger charge is -2.29. The summed E-state index contributed by atoms with van der Waals surface area (Å²) in [6.45, 7) is 2.74. The molecule has 1 aliphatic heterocycles. The van der Waals surface area contributed by atoms with E-state index in [1.165, 1.54) is 26.0 Å². The molecule has 130 valence electrons. The molecule has 1 aliphatic rings. The second kappa shape index (κ2) is 6.34. The first-order chi connectivity index (χ1) is 11.0. The van der Waals surface area contributed by atoms with Crippen molar-refractivity contribution < 1.29 is 37.0 Å². The van der Waals surface area contributed by atoms with Crippen molar-refractivity contribution in [3.63, 3.8) is 0 Å². The zero-order valence-corrected chi connectivity index (χ0v) is 13.9. The number of carbonyl (C=O) groups excluding carboxylic acids is 2. The molecule has 0 bridgehead atoms. The topological polar surface area (TPSA) is 73.9 Å². The van der Waals surface area contributed by atoms with E-state index in [2.05, 4.69) is 26.0 Å². The fraction of sp³-hybridized carbons (Fsp3) is 0.286. The Morgan fingerprint density at radius 2 is 1.79 bits per heavy atom. The van der Waals surface area contributed by atoms with Gasteiger partial charge in [-0.3, -0.25) is 0 Å². The highest BCUT2D eigenvalue weighted by atomic mass is 79.9. The van der Waals surface area contributed by atoms with Crippen molar-refractivity contribution in [3.05, 3.63) is 34.4 Å². The molecule has 2 rings (SSSR count). The van der Waals surface area contributed by atoms with Gasteiger partial charge in [-0.25, -0.2) is 9.59 Å². The molecule has 0 spiro atoms. The minimum atomic E-state index is -4.91. The zero-order chi connectivity index (χ0) is 18.1. The second-order valence-corrected chi connectivity index (χ2v) is 5.99. The van der Waals surface area contributed by atoms with Crippen LogP contribution in [0.2, 0.25) is 0 Å². The van der Waals surface area contributed by atoms with E-state index >= 15 is 0 Å². The van der Waals surface area contributed by atoms with E-state index < -0.39 is 35.4 Å². The summed E-state index contributed by atoms with van der Waals surface area (Å²) in [4.78, 5) is 23.5. The lowest BCUT2D eigenvalue weighted by molar-refractivity contribution is -0.274. The van der Waals surface area contributed by atoms with Crippen molar-refractivity contribution in [2.45, 2.75) is 26.0 Å². The Morgan fingerprint density at radius 3 is 2.33 bits per heavy atom. The predicted octanol–water partition coefficient (Wildman–Crippen LogP) is 3.48. The predicted molar refractivity (Wildman–Crippen MR) is 78.8 cm³/mol. The lowest BCUT2D eigenvalue weighted by atomic mass is 10.2. The largest absolute Gasteiger partial charge is 0.573 e. The summed E-state index contributed by atoms with van der Waals surface area (Å²) in [5.74, 6) is -3.88. The van der Waals surface area contributed by atoms with Gasteiger partial charge >= 0.3 is 18.3 Å². The highest BCUT2D eigenvalue weighted by molar-refractivity contribution is 9.10. The van der Waals surface area contributed by atoms with Gasteiger partial charge in [-0.1, -0.05) is 15.9 Å². The molecule has 1 fully saturated rings. The smallest absolute Gasteiger partial charge is 0.419 e. The van der Waals surface area contributed by atoms with Crippen molar-refractivity contribution in [3.8, 4) is 5.75 Å². The average Bonchev–Trinajstić information content (AvgIpc) is 2.36. The fourth-order valence-corrected chi connectivity index (χ4v) is 2.09. The summed E-state index contributed by atoms with van der Waals surface area (Å²) in [7, 11) is 0. The van der Waals surface area contributed by atoms with Gasteiger partial charge in [0.25, 0.3) is 5.79 Å². The molecule has 0 aliphatic carbocycles. The van der Waals surface area contributed by atoms with Gasteiger partial charge < -0.3 is 19.5 Å². The minimum absolute atomic E-state index is 0.117. The van der Waals surface area contributed by atoms with Gasteiger partial charge in [0.15, 0.2) is 11.3 Å². The molecule has 1 saturated heterocycles. The Labute approximate surface area is 142 Å². The molecule has 10 heteroatoms. The van der Waals surface area contributed by atoms with Gasteiger partial charge in [0.2, 0.25) is 0 Å². The second-order valence-electron chi connectivity index (χ2n) is 5.07. The maximum absolute atomic E-state index is 12.4. The molecule has 1 heterocycles.